The van der Waals surface area contributed by atoms with Gasteiger partial charge in [-0.2, -0.15) is 0 Å². The first kappa shape index (κ1) is 15.1. The Bertz CT molecular complexity index is 1100. The number of primary amides is 1. The normalized spacial score (nSPS) is 10.9. The molecule has 1 amide bonds. The molecule has 0 atom stereocenters. The first-order valence-electron chi connectivity index (χ1n) is 7.94. The molecule has 0 unspecified atom stereocenters. The molecule has 0 saturated carbocycles. The maximum absolute atomic E-state index is 11.8. The SMILES string of the molecule is Cc1ccc2nc(-c3ccccc3-c3ncccc3C(N)=O)[nH]c2c1. The van der Waals surface area contributed by atoms with Crippen LogP contribution < -0.4 is 5.73 Å². The maximum Gasteiger partial charge on any atom is 0.250 e. The van der Waals surface area contributed by atoms with Crippen molar-refractivity contribution in [1.29, 1.82) is 0 Å². The number of hydrogen-bond donors (Lipinski definition) is 2. The number of amides is 1. The van der Waals surface area contributed by atoms with Gasteiger partial charge in [0.25, 0.3) is 5.91 Å². The molecule has 2 aromatic carbocycles. The number of aromatic amines is 1. The van der Waals surface area contributed by atoms with Gasteiger partial charge < -0.3 is 10.7 Å². The number of carbonyl (C=O) groups is 1. The average Bonchev–Trinajstić information content (AvgIpc) is 3.04. The van der Waals surface area contributed by atoms with Crippen LogP contribution in [0.1, 0.15) is 15.9 Å². The van der Waals surface area contributed by atoms with Gasteiger partial charge in [0.2, 0.25) is 0 Å². The van der Waals surface area contributed by atoms with Gasteiger partial charge in [0, 0.05) is 17.3 Å². The fourth-order valence-corrected chi connectivity index (χ4v) is 2.97. The van der Waals surface area contributed by atoms with Gasteiger partial charge in [0.05, 0.1) is 22.3 Å². The van der Waals surface area contributed by atoms with Crippen molar-refractivity contribution in [2.45, 2.75) is 6.92 Å². The summed E-state index contributed by atoms with van der Waals surface area (Å²) in [7, 11) is 0. The molecule has 0 bridgehead atoms. The molecule has 2 aromatic heterocycles. The number of aromatic nitrogens is 3. The number of nitrogens with one attached hydrogen (secondary N) is 1. The lowest BCUT2D eigenvalue weighted by Crippen LogP contribution is -2.13. The number of pyridine rings is 1. The summed E-state index contributed by atoms with van der Waals surface area (Å²) in [5, 5.41) is 0. The van der Waals surface area contributed by atoms with Crippen LogP contribution in [-0.2, 0) is 0 Å². The Kier molecular flexibility index (Phi) is 3.54. The van der Waals surface area contributed by atoms with Crippen molar-refractivity contribution < 1.29 is 4.79 Å². The highest BCUT2D eigenvalue weighted by Crippen LogP contribution is 2.32. The molecule has 5 nitrogen and oxygen atoms in total. The van der Waals surface area contributed by atoms with Crippen LogP contribution in [-0.4, -0.2) is 20.9 Å². The van der Waals surface area contributed by atoms with Crippen molar-refractivity contribution in [2.24, 2.45) is 5.73 Å². The number of rotatable bonds is 3. The summed E-state index contributed by atoms with van der Waals surface area (Å²) in [6.07, 6.45) is 1.65. The molecule has 0 aliphatic heterocycles. The van der Waals surface area contributed by atoms with E-state index in [1.165, 1.54) is 0 Å². The minimum Gasteiger partial charge on any atom is -0.366 e. The molecule has 0 aliphatic carbocycles. The molecule has 0 radical (unpaired) electrons. The Balaban J connectivity index is 1.94. The van der Waals surface area contributed by atoms with E-state index in [-0.39, 0.29) is 0 Å². The van der Waals surface area contributed by atoms with Crippen molar-refractivity contribution in [3.05, 3.63) is 71.9 Å². The zero-order valence-corrected chi connectivity index (χ0v) is 13.7. The molecule has 0 fully saturated rings. The van der Waals surface area contributed by atoms with Gasteiger partial charge in [-0.1, -0.05) is 30.3 Å². The number of benzene rings is 2. The van der Waals surface area contributed by atoms with E-state index in [2.05, 4.69) is 21.0 Å². The Morgan fingerprint density at radius 3 is 2.64 bits per heavy atom. The maximum atomic E-state index is 11.8. The quantitative estimate of drug-likeness (QED) is 0.601. The largest absolute Gasteiger partial charge is 0.366 e. The molecule has 4 rings (SSSR count). The molecule has 0 spiro atoms. The molecular formula is C20H16N4O. The highest BCUT2D eigenvalue weighted by atomic mass is 16.1. The van der Waals surface area contributed by atoms with E-state index in [0.29, 0.717) is 11.3 Å². The van der Waals surface area contributed by atoms with Crippen molar-refractivity contribution in [3.63, 3.8) is 0 Å². The van der Waals surface area contributed by atoms with Crippen LogP contribution in [0.3, 0.4) is 0 Å². The summed E-state index contributed by atoms with van der Waals surface area (Å²) in [6, 6.07) is 17.2. The molecule has 25 heavy (non-hydrogen) atoms. The lowest BCUT2D eigenvalue weighted by Gasteiger charge is -2.09. The number of fused-ring (bicyclic) bond motifs is 1. The first-order chi connectivity index (χ1) is 12.1. The van der Waals surface area contributed by atoms with E-state index in [1.54, 1.807) is 18.3 Å². The van der Waals surface area contributed by atoms with E-state index < -0.39 is 5.91 Å². The van der Waals surface area contributed by atoms with Crippen LogP contribution in [0.25, 0.3) is 33.7 Å². The van der Waals surface area contributed by atoms with Gasteiger partial charge in [-0.3, -0.25) is 9.78 Å². The number of nitrogens with zero attached hydrogens (tertiary/aromatic N) is 2. The molecule has 0 saturated heterocycles. The first-order valence-corrected chi connectivity index (χ1v) is 7.94. The number of aryl methyl sites for hydroxylation is 1. The summed E-state index contributed by atoms with van der Waals surface area (Å²) in [6.45, 7) is 2.04. The molecule has 2 heterocycles. The predicted octanol–water partition coefficient (Wildman–Crippen LogP) is 3.70. The molecule has 122 valence electrons. The van der Waals surface area contributed by atoms with Gasteiger partial charge in [-0.25, -0.2) is 4.98 Å². The predicted molar refractivity (Wildman–Crippen MR) is 98.0 cm³/mol. The number of carbonyl (C=O) groups excluding carboxylic acids is 1. The molecule has 3 N–H and O–H groups in total. The fourth-order valence-electron chi connectivity index (χ4n) is 2.97. The Morgan fingerprint density at radius 2 is 1.84 bits per heavy atom. The molecule has 4 aromatic rings. The average molecular weight is 328 g/mol. The number of H-pyrrole nitrogens is 1. The highest BCUT2D eigenvalue weighted by Gasteiger charge is 2.16. The molecular weight excluding hydrogens is 312 g/mol. The third-order valence-electron chi connectivity index (χ3n) is 4.15. The third-order valence-corrected chi connectivity index (χ3v) is 4.15. The highest BCUT2D eigenvalue weighted by molar-refractivity contribution is 6.00. The summed E-state index contributed by atoms with van der Waals surface area (Å²) in [4.78, 5) is 24.2. The van der Waals surface area contributed by atoms with Crippen molar-refractivity contribution in [3.8, 4) is 22.6 Å². The standard InChI is InChI=1S/C20H16N4O/c1-12-8-9-16-17(11-12)24-20(23-16)14-6-3-2-5-13(14)18-15(19(21)25)7-4-10-22-18/h2-11H,1H3,(H2,21,25)(H,23,24). The zero-order chi connectivity index (χ0) is 17.4. The van der Waals surface area contributed by atoms with Gasteiger partial charge in [0.15, 0.2) is 0 Å². The Labute approximate surface area is 144 Å². The van der Waals surface area contributed by atoms with Gasteiger partial charge in [-0.05, 0) is 36.8 Å². The second kappa shape index (κ2) is 5.87. The Hall–Kier alpha value is -3.47. The summed E-state index contributed by atoms with van der Waals surface area (Å²) in [5.41, 5.74) is 11.2. The second-order valence-corrected chi connectivity index (χ2v) is 5.92. The van der Waals surface area contributed by atoms with E-state index in [4.69, 9.17) is 5.73 Å². The lowest BCUT2D eigenvalue weighted by molar-refractivity contribution is 0.100. The minimum atomic E-state index is -0.502. The van der Waals surface area contributed by atoms with E-state index in [9.17, 15) is 4.79 Å². The van der Waals surface area contributed by atoms with E-state index in [0.717, 1.165) is 33.5 Å². The Morgan fingerprint density at radius 1 is 1.04 bits per heavy atom. The third kappa shape index (κ3) is 2.65. The van der Waals surface area contributed by atoms with Crippen LogP contribution in [0, 0.1) is 6.92 Å². The zero-order valence-electron chi connectivity index (χ0n) is 13.7. The topological polar surface area (TPSA) is 84.7 Å². The van der Waals surface area contributed by atoms with Crippen LogP contribution in [0.15, 0.2) is 60.8 Å². The van der Waals surface area contributed by atoms with Gasteiger partial charge in [0.1, 0.15) is 5.82 Å². The summed E-state index contributed by atoms with van der Waals surface area (Å²) >= 11 is 0. The van der Waals surface area contributed by atoms with Crippen LogP contribution in [0.2, 0.25) is 0 Å². The molecule has 0 aliphatic rings. The van der Waals surface area contributed by atoms with Crippen LogP contribution >= 0.6 is 0 Å². The number of imidazole rings is 1. The fraction of sp³-hybridized carbons (Fsp3) is 0.0500. The van der Waals surface area contributed by atoms with Crippen LogP contribution in [0.4, 0.5) is 0 Å². The smallest absolute Gasteiger partial charge is 0.250 e. The van der Waals surface area contributed by atoms with E-state index in [1.807, 2.05) is 43.3 Å². The summed E-state index contributed by atoms with van der Waals surface area (Å²) < 4.78 is 0. The second-order valence-electron chi connectivity index (χ2n) is 5.92. The van der Waals surface area contributed by atoms with Crippen molar-refractivity contribution in [1.82, 2.24) is 15.0 Å². The van der Waals surface area contributed by atoms with Gasteiger partial charge in [-0.15, -0.1) is 0 Å². The lowest BCUT2D eigenvalue weighted by atomic mass is 9.99. The minimum absolute atomic E-state index is 0.391. The monoisotopic (exact) mass is 328 g/mol. The van der Waals surface area contributed by atoms with Gasteiger partial charge >= 0.3 is 0 Å². The summed E-state index contributed by atoms with van der Waals surface area (Å²) in [5.74, 6) is 0.232. The van der Waals surface area contributed by atoms with Crippen molar-refractivity contribution >= 4 is 16.9 Å². The van der Waals surface area contributed by atoms with E-state index >= 15 is 0 Å². The number of hydrogen-bond acceptors (Lipinski definition) is 3. The van der Waals surface area contributed by atoms with Crippen LogP contribution in [0.5, 0.6) is 0 Å². The molecule has 5 heteroatoms. The van der Waals surface area contributed by atoms with Crippen molar-refractivity contribution in [2.75, 3.05) is 0 Å². The number of nitrogens with two attached hydrogens (primary N) is 1.